The van der Waals surface area contributed by atoms with Gasteiger partial charge in [0.1, 0.15) is 26.4 Å². The molecule has 0 N–H and O–H groups in total. The molecule has 0 aliphatic carbocycles. The molecule has 32 heavy (non-hydrogen) atoms. The van der Waals surface area contributed by atoms with Gasteiger partial charge in [0.2, 0.25) is 0 Å². The highest BCUT2D eigenvalue weighted by atomic mass is 16.6. The average molecular weight is 456 g/mol. The maximum atomic E-state index is 10.8. The smallest absolute Gasteiger partial charge is 0.333 e. The highest BCUT2D eigenvalue weighted by molar-refractivity contribution is 5.87. The summed E-state index contributed by atoms with van der Waals surface area (Å²) in [7, 11) is 0. The lowest BCUT2D eigenvalue weighted by atomic mass is 10.4. The lowest BCUT2D eigenvalue weighted by molar-refractivity contribution is -0.147. The van der Waals surface area contributed by atoms with Crippen LogP contribution in [0.3, 0.4) is 0 Å². The molecule has 0 unspecified atom stereocenters. The lowest BCUT2D eigenvalue weighted by Gasteiger charge is -2.06. The van der Waals surface area contributed by atoms with Crippen molar-refractivity contribution in [1.29, 1.82) is 0 Å². The van der Waals surface area contributed by atoms with Crippen LogP contribution in [0.5, 0.6) is 0 Å². The highest BCUT2D eigenvalue weighted by Gasteiger charge is 2.05. The van der Waals surface area contributed by atoms with Crippen LogP contribution in [-0.2, 0) is 47.6 Å². The molecule has 0 heterocycles. The summed E-state index contributed by atoms with van der Waals surface area (Å²) in [5, 5.41) is 0. The second kappa shape index (κ2) is 21.0. The Morgan fingerprint density at radius 1 is 0.562 bits per heavy atom. The molecule has 0 saturated carbocycles. The van der Waals surface area contributed by atoms with E-state index in [-0.39, 0.29) is 26.4 Å². The number of ether oxygens (including phenoxy) is 6. The minimum Gasteiger partial charge on any atom is -0.460 e. The molecule has 0 aliphatic heterocycles. The summed E-state index contributed by atoms with van der Waals surface area (Å²) >= 11 is 0. The van der Waals surface area contributed by atoms with Crippen LogP contribution in [0.4, 0.5) is 0 Å². The molecule has 180 valence electrons. The first-order chi connectivity index (χ1) is 15.1. The predicted octanol–water partition coefficient (Wildman–Crippen LogP) is 1.70. The molecule has 0 saturated heterocycles. The van der Waals surface area contributed by atoms with Crippen LogP contribution >= 0.6 is 0 Å². The number of hydrogen-bond acceptors (Lipinski definition) is 10. The van der Waals surface area contributed by atoms with Gasteiger partial charge in [-0.2, -0.15) is 0 Å². The van der Waals surface area contributed by atoms with Crippen LogP contribution in [-0.4, -0.2) is 76.7 Å². The zero-order chi connectivity index (χ0) is 24.8. The third kappa shape index (κ3) is 21.5. The molecule has 0 bridgehead atoms. The number of hydrogen-bond donors (Lipinski definition) is 0. The Balaban J connectivity index is 0. The van der Waals surface area contributed by atoms with Crippen molar-refractivity contribution in [2.75, 3.05) is 52.9 Å². The molecule has 0 radical (unpaired) electrons. The van der Waals surface area contributed by atoms with Crippen LogP contribution in [0.2, 0.25) is 0 Å². The summed E-state index contributed by atoms with van der Waals surface area (Å²) in [6.07, 6.45) is 2.18. The van der Waals surface area contributed by atoms with E-state index in [9.17, 15) is 19.2 Å². The Morgan fingerprint density at radius 3 is 1.12 bits per heavy atom. The van der Waals surface area contributed by atoms with Crippen molar-refractivity contribution < 1.29 is 47.6 Å². The molecule has 0 spiro atoms. The monoisotopic (exact) mass is 456 g/mol. The van der Waals surface area contributed by atoms with Gasteiger partial charge in [0.05, 0.1) is 26.4 Å². The first-order valence-electron chi connectivity index (χ1n) is 9.54. The van der Waals surface area contributed by atoms with E-state index in [1.165, 1.54) is 0 Å². The van der Waals surface area contributed by atoms with Crippen molar-refractivity contribution in [3.8, 4) is 0 Å². The van der Waals surface area contributed by atoms with Crippen molar-refractivity contribution in [2.24, 2.45) is 0 Å². The Morgan fingerprint density at radius 2 is 0.844 bits per heavy atom. The number of carbonyl (C=O) groups is 4. The van der Waals surface area contributed by atoms with E-state index in [1.54, 1.807) is 13.8 Å². The van der Waals surface area contributed by atoms with Gasteiger partial charge in [-0.1, -0.05) is 26.3 Å². The number of carbonyl (C=O) groups excluding carboxylic acids is 4. The van der Waals surface area contributed by atoms with Gasteiger partial charge in [0.25, 0.3) is 0 Å². The highest BCUT2D eigenvalue weighted by Crippen LogP contribution is 1.94. The fourth-order valence-electron chi connectivity index (χ4n) is 1.36. The maximum absolute atomic E-state index is 10.8. The van der Waals surface area contributed by atoms with Crippen molar-refractivity contribution in [2.45, 2.75) is 13.8 Å². The van der Waals surface area contributed by atoms with Gasteiger partial charge in [-0.25, -0.2) is 19.2 Å². The molecular weight excluding hydrogens is 424 g/mol. The quantitative estimate of drug-likeness (QED) is 0.147. The summed E-state index contributed by atoms with van der Waals surface area (Å²) in [6, 6.07) is 0. The molecule has 0 aromatic heterocycles. The topological polar surface area (TPSA) is 124 Å². The van der Waals surface area contributed by atoms with Crippen molar-refractivity contribution in [3.05, 3.63) is 49.6 Å². The Labute approximate surface area is 188 Å². The third-order valence-electron chi connectivity index (χ3n) is 2.90. The molecule has 0 aromatic rings. The minimum atomic E-state index is -0.489. The summed E-state index contributed by atoms with van der Waals surface area (Å²) in [6.45, 7) is 18.2. The van der Waals surface area contributed by atoms with Gasteiger partial charge >= 0.3 is 23.9 Å². The van der Waals surface area contributed by atoms with Crippen LogP contribution in [0.15, 0.2) is 49.6 Å². The van der Waals surface area contributed by atoms with Crippen molar-refractivity contribution >= 4 is 23.9 Å². The Bertz CT molecular complexity index is 595. The maximum Gasteiger partial charge on any atom is 0.333 e. The predicted molar refractivity (Wildman–Crippen MR) is 115 cm³/mol. The van der Waals surface area contributed by atoms with Gasteiger partial charge in [0.15, 0.2) is 0 Å². The number of rotatable bonds is 16. The molecule has 0 aliphatic rings. The Kier molecular flexibility index (Phi) is 20.3. The standard InChI is InChI=1S/C12H18O6.C10H14O4/c1-3-11(13)17-9-7-15-5-6-16-8-10-18-12(14)4-2;1-7(2)9(11)13-5-6-14-10(12)8(3)4/h3-4H,1-2,5-10H2;1,3,5-6H2,2,4H3. The molecular formula is C22H32O10. The summed E-state index contributed by atoms with van der Waals surface area (Å²) in [5.74, 6) is -1.93. The normalized spacial score (nSPS) is 9.31. The van der Waals surface area contributed by atoms with Crippen LogP contribution in [0, 0.1) is 0 Å². The number of esters is 4. The first kappa shape index (κ1) is 30.9. The molecule has 0 rings (SSSR count). The SMILES string of the molecule is C=C(C)C(=O)OCCOC(=O)C(=C)C.C=CC(=O)OCCOCCOCCOC(=O)C=C. The summed E-state index contributed by atoms with van der Waals surface area (Å²) in [5.41, 5.74) is 0.632. The zero-order valence-corrected chi connectivity index (χ0v) is 18.7. The summed E-state index contributed by atoms with van der Waals surface area (Å²) in [4.78, 5) is 42.9. The molecule has 10 nitrogen and oxygen atoms in total. The average Bonchev–Trinajstić information content (AvgIpc) is 2.77. The fourth-order valence-corrected chi connectivity index (χ4v) is 1.36. The van der Waals surface area contributed by atoms with E-state index in [2.05, 4.69) is 45.3 Å². The van der Waals surface area contributed by atoms with E-state index in [1.807, 2.05) is 0 Å². The van der Waals surface area contributed by atoms with E-state index in [0.29, 0.717) is 37.6 Å². The van der Waals surface area contributed by atoms with Gasteiger partial charge in [-0.05, 0) is 13.8 Å². The van der Waals surface area contributed by atoms with Gasteiger partial charge in [-0.3, -0.25) is 0 Å². The van der Waals surface area contributed by atoms with Gasteiger partial charge in [-0.15, -0.1) is 0 Å². The minimum absolute atomic E-state index is 0.0325. The van der Waals surface area contributed by atoms with E-state index in [0.717, 1.165) is 12.2 Å². The molecule has 10 heteroatoms. The summed E-state index contributed by atoms with van der Waals surface area (Å²) < 4.78 is 29.0. The Hall–Kier alpha value is -3.24. The second-order valence-electron chi connectivity index (χ2n) is 5.80. The van der Waals surface area contributed by atoms with E-state index in [4.69, 9.17) is 9.47 Å². The van der Waals surface area contributed by atoms with Gasteiger partial charge < -0.3 is 28.4 Å². The van der Waals surface area contributed by atoms with E-state index < -0.39 is 23.9 Å². The van der Waals surface area contributed by atoms with Crippen molar-refractivity contribution in [3.63, 3.8) is 0 Å². The third-order valence-corrected chi connectivity index (χ3v) is 2.90. The van der Waals surface area contributed by atoms with Crippen LogP contribution in [0.25, 0.3) is 0 Å². The molecule has 0 amide bonds. The van der Waals surface area contributed by atoms with Crippen LogP contribution < -0.4 is 0 Å². The second-order valence-corrected chi connectivity index (χ2v) is 5.80. The van der Waals surface area contributed by atoms with Crippen LogP contribution in [0.1, 0.15) is 13.8 Å². The molecule has 0 fully saturated rings. The fraction of sp³-hybridized carbons (Fsp3) is 0.455. The largest absolute Gasteiger partial charge is 0.460 e. The lowest BCUT2D eigenvalue weighted by Crippen LogP contribution is -2.14. The van der Waals surface area contributed by atoms with E-state index >= 15 is 0 Å². The van der Waals surface area contributed by atoms with Gasteiger partial charge in [0, 0.05) is 23.3 Å². The molecule has 0 atom stereocenters. The first-order valence-corrected chi connectivity index (χ1v) is 9.54. The molecule has 0 aromatic carbocycles. The van der Waals surface area contributed by atoms with Crippen molar-refractivity contribution in [1.82, 2.24) is 0 Å². The zero-order valence-electron chi connectivity index (χ0n) is 18.7.